The predicted octanol–water partition coefficient (Wildman–Crippen LogP) is -1.44. The summed E-state index contributed by atoms with van der Waals surface area (Å²) in [6, 6.07) is -0.958. The van der Waals surface area contributed by atoms with Crippen LogP contribution in [0.1, 0.15) is 0 Å². The normalized spacial score (nSPS) is 30.7. The standard InChI is InChI=1S/C5H10N2O4S/c1-6-3-4(5(8)9)7(2)12(6,10)11/h4H,3H2,1-2H3,(H,8,9)/t4-/m1/s1. The van der Waals surface area contributed by atoms with E-state index in [1.165, 1.54) is 14.1 Å². The molecule has 1 atom stereocenters. The van der Waals surface area contributed by atoms with Gasteiger partial charge in [-0.3, -0.25) is 4.79 Å². The van der Waals surface area contributed by atoms with Gasteiger partial charge in [-0.1, -0.05) is 0 Å². The maximum atomic E-state index is 11.2. The van der Waals surface area contributed by atoms with Crippen LogP contribution < -0.4 is 0 Å². The molecular formula is C5H10N2O4S. The minimum Gasteiger partial charge on any atom is -0.480 e. The highest BCUT2D eigenvalue weighted by Gasteiger charge is 2.42. The molecule has 0 spiro atoms. The van der Waals surface area contributed by atoms with Gasteiger partial charge in [0.05, 0.1) is 0 Å². The molecule has 0 bridgehead atoms. The molecule has 0 aromatic rings. The molecule has 7 heteroatoms. The summed E-state index contributed by atoms with van der Waals surface area (Å²) in [4.78, 5) is 10.5. The van der Waals surface area contributed by atoms with Crippen molar-refractivity contribution in [1.29, 1.82) is 0 Å². The minimum absolute atomic E-state index is 0.00810. The number of rotatable bonds is 1. The van der Waals surface area contributed by atoms with Crippen molar-refractivity contribution < 1.29 is 18.3 Å². The van der Waals surface area contributed by atoms with Crippen molar-refractivity contribution >= 4 is 16.2 Å². The summed E-state index contributed by atoms with van der Waals surface area (Å²) in [6.45, 7) is 0.00810. The smallest absolute Gasteiger partial charge is 0.323 e. The van der Waals surface area contributed by atoms with Crippen LogP contribution in [0.3, 0.4) is 0 Å². The summed E-state index contributed by atoms with van der Waals surface area (Å²) < 4.78 is 24.3. The Kier molecular flexibility index (Phi) is 2.11. The first-order valence-corrected chi connectivity index (χ1v) is 4.69. The highest BCUT2D eigenvalue weighted by molar-refractivity contribution is 7.87. The number of likely N-dealkylation sites (N-methyl/N-ethyl adjacent to an activating group) is 2. The third-order valence-electron chi connectivity index (χ3n) is 1.91. The molecule has 1 rings (SSSR count). The van der Waals surface area contributed by atoms with Crippen molar-refractivity contribution in [3.05, 3.63) is 0 Å². The van der Waals surface area contributed by atoms with Gasteiger partial charge >= 0.3 is 5.97 Å². The van der Waals surface area contributed by atoms with Crippen LogP contribution in [0.15, 0.2) is 0 Å². The lowest BCUT2D eigenvalue weighted by Gasteiger charge is -2.11. The zero-order chi connectivity index (χ0) is 9.52. The van der Waals surface area contributed by atoms with Crippen molar-refractivity contribution in [3.63, 3.8) is 0 Å². The molecule has 1 aliphatic rings. The number of aliphatic carboxylic acids is 1. The van der Waals surface area contributed by atoms with Crippen LogP contribution in [0.25, 0.3) is 0 Å². The maximum Gasteiger partial charge on any atom is 0.323 e. The fraction of sp³-hybridized carbons (Fsp3) is 0.800. The van der Waals surface area contributed by atoms with Crippen LogP contribution in [0.2, 0.25) is 0 Å². The molecule has 0 saturated carbocycles. The summed E-state index contributed by atoms with van der Waals surface area (Å²) in [6.07, 6.45) is 0. The van der Waals surface area contributed by atoms with E-state index in [1.807, 2.05) is 0 Å². The Morgan fingerprint density at radius 3 is 2.17 bits per heavy atom. The van der Waals surface area contributed by atoms with Crippen molar-refractivity contribution in [1.82, 2.24) is 8.61 Å². The molecule has 6 nitrogen and oxygen atoms in total. The average Bonchev–Trinajstić information content (AvgIpc) is 2.13. The van der Waals surface area contributed by atoms with Crippen molar-refractivity contribution in [2.45, 2.75) is 6.04 Å². The highest BCUT2D eigenvalue weighted by Crippen LogP contribution is 2.17. The first kappa shape index (κ1) is 9.43. The molecule has 0 unspecified atom stereocenters. The number of carboxylic acid groups (broad SMARTS) is 1. The molecule has 0 aliphatic carbocycles. The van der Waals surface area contributed by atoms with E-state index in [0.29, 0.717) is 0 Å². The Labute approximate surface area is 70.6 Å². The molecule has 0 radical (unpaired) electrons. The Morgan fingerprint density at radius 1 is 1.50 bits per heavy atom. The topological polar surface area (TPSA) is 77.9 Å². The van der Waals surface area contributed by atoms with Crippen LogP contribution in [0.4, 0.5) is 0 Å². The lowest BCUT2D eigenvalue weighted by Crippen LogP contribution is -2.36. The van der Waals surface area contributed by atoms with Crippen molar-refractivity contribution in [2.75, 3.05) is 20.6 Å². The van der Waals surface area contributed by atoms with Crippen LogP contribution in [-0.2, 0) is 15.0 Å². The lowest BCUT2D eigenvalue weighted by molar-refractivity contribution is -0.140. The van der Waals surface area contributed by atoms with E-state index in [2.05, 4.69) is 0 Å². The van der Waals surface area contributed by atoms with Gasteiger partial charge in [-0.2, -0.15) is 17.0 Å². The van der Waals surface area contributed by atoms with Crippen LogP contribution in [-0.4, -0.2) is 54.8 Å². The quantitative estimate of drug-likeness (QED) is 0.554. The summed E-state index contributed by atoms with van der Waals surface area (Å²) in [7, 11) is -0.895. The molecule has 1 N–H and O–H groups in total. The zero-order valence-corrected chi connectivity index (χ0v) is 7.58. The highest BCUT2D eigenvalue weighted by atomic mass is 32.2. The summed E-state index contributed by atoms with van der Waals surface area (Å²) >= 11 is 0. The monoisotopic (exact) mass is 194 g/mol. The third kappa shape index (κ3) is 1.19. The predicted molar refractivity (Wildman–Crippen MR) is 40.7 cm³/mol. The first-order valence-electron chi connectivity index (χ1n) is 3.29. The van der Waals surface area contributed by atoms with Gasteiger partial charge in [0.15, 0.2) is 0 Å². The number of carboxylic acids is 1. The van der Waals surface area contributed by atoms with E-state index < -0.39 is 22.2 Å². The second kappa shape index (κ2) is 2.68. The van der Waals surface area contributed by atoms with Gasteiger partial charge in [-0.15, -0.1) is 0 Å². The van der Waals surface area contributed by atoms with E-state index >= 15 is 0 Å². The van der Waals surface area contributed by atoms with Crippen LogP contribution >= 0.6 is 0 Å². The van der Waals surface area contributed by atoms with Crippen LogP contribution in [0, 0.1) is 0 Å². The fourth-order valence-electron chi connectivity index (χ4n) is 1.07. The van der Waals surface area contributed by atoms with E-state index in [-0.39, 0.29) is 6.54 Å². The summed E-state index contributed by atoms with van der Waals surface area (Å²) in [5, 5.41) is 8.60. The number of nitrogens with zero attached hydrogens (tertiary/aromatic N) is 2. The van der Waals surface area contributed by atoms with Gasteiger partial charge in [-0.25, -0.2) is 0 Å². The van der Waals surface area contributed by atoms with Gasteiger partial charge in [0.1, 0.15) is 6.04 Å². The molecular weight excluding hydrogens is 184 g/mol. The number of carbonyl (C=O) groups is 1. The number of hydrogen-bond donors (Lipinski definition) is 1. The molecule has 0 amide bonds. The molecule has 70 valence electrons. The fourth-order valence-corrected chi connectivity index (χ4v) is 2.31. The lowest BCUT2D eigenvalue weighted by atomic mass is 10.3. The van der Waals surface area contributed by atoms with E-state index in [1.54, 1.807) is 0 Å². The first-order chi connectivity index (χ1) is 5.37. The molecule has 1 aliphatic heterocycles. The summed E-state index contributed by atoms with van der Waals surface area (Å²) in [5.41, 5.74) is 0. The average molecular weight is 194 g/mol. The molecule has 0 aromatic heterocycles. The molecule has 12 heavy (non-hydrogen) atoms. The Bertz CT molecular complexity index is 299. The second-order valence-electron chi connectivity index (χ2n) is 2.66. The van der Waals surface area contributed by atoms with Gasteiger partial charge in [0.2, 0.25) is 0 Å². The largest absolute Gasteiger partial charge is 0.480 e. The molecule has 1 fully saturated rings. The van der Waals surface area contributed by atoms with Crippen LogP contribution in [0.5, 0.6) is 0 Å². The van der Waals surface area contributed by atoms with Gasteiger partial charge in [0.25, 0.3) is 10.2 Å². The zero-order valence-electron chi connectivity index (χ0n) is 6.76. The van der Waals surface area contributed by atoms with Crippen molar-refractivity contribution in [3.8, 4) is 0 Å². The van der Waals surface area contributed by atoms with Gasteiger partial charge in [0, 0.05) is 20.6 Å². The molecule has 1 heterocycles. The maximum absolute atomic E-state index is 11.2. The molecule has 1 saturated heterocycles. The minimum atomic E-state index is -3.51. The molecule has 0 aromatic carbocycles. The summed E-state index contributed by atoms with van der Waals surface area (Å²) in [5.74, 6) is -1.12. The second-order valence-corrected chi connectivity index (χ2v) is 4.75. The van der Waals surface area contributed by atoms with Crippen molar-refractivity contribution in [2.24, 2.45) is 0 Å². The van der Waals surface area contributed by atoms with Gasteiger partial charge < -0.3 is 5.11 Å². The van der Waals surface area contributed by atoms with E-state index in [4.69, 9.17) is 5.11 Å². The van der Waals surface area contributed by atoms with Gasteiger partial charge in [-0.05, 0) is 0 Å². The third-order valence-corrected chi connectivity index (χ3v) is 3.83. The SMILES string of the molecule is CN1C[C@H](C(=O)O)N(C)S1(=O)=O. The van der Waals surface area contributed by atoms with E-state index in [9.17, 15) is 13.2 Å². The Balaban J connectivity index is 2.99. The Morgan fingerprint density at radius 2 is 2.00 bits per heavy atom. The number of hydrogen-bond acceptors (Lipinski definition) is 3. The van der Waals surface area contributed by atoms with E-state index in [0.717, 1.165) is 8.61 Å². The Hall–Kier alpha value is -0.660.